The van der Waals surface area contributed by atoms with E-state index < -0.39 is 0 Å². The molecule has 1 unspecified atom stereocenters. The summed E-state index contributed by atoms with van der Waals surface area (Å²) in [5, 5.41) is 3.45. The molecule has 0 fully saturated rings. The van der Waals surface area contributed by atoms with E-state index in [0.717, 1.165) is 11.4 Å². The molecule has 0 saturated heterocycles. The molecule has 0 bridgehead atoms. The Hall–Kier alpha value is -2.03. The number of aromatic nitrogens is 1. The first-order valence-electron chi connectivity index (χ1n) is 6.02. The first kappa shape index (κ1) is 12.4. The van der Waals surface area contributed by atoms with Crippen molar-refractivity contribution in [2.45, 2.75) is 19.9 Å². The number of methoxy groups -OCH3 is 1. The number of benzene rings is 1. The summed E-state index contributed by atoms with van der Waals surface area (Å²) >= 11 is 0. The molecule has 1 aromatic carbocycles. The summed E-state index contributed by atoms with van der Waals surface area (Å²) in [4.78, 5) is 4.03. The smallest absolute Gasteiger partial charge is 0.142 e. The van der Waals surface area contributed by atoms with E-state index >= 15 is 0 Å². The maximum Gasteiger partial charge on any atom is 0.142 e. The van der Waals surface area contributed by atoms with Crippen molar-refractivity contribution in [3.8, 4) is 5.75 Å². The molecule has 18 heavy (non-hydrogen) atoms. The Morgan fingerprint density at radius 2 is 1.89 bits per heavy atom. The zero-order valence-corrected chi connectivity index (χ0v) is 11.0. The monoisotopic (exact) mass is 242 g/mol. The number of nitrogens with one attached hydrogen (secondary N) is 1. The summed E-state index contributed by atoms with van der Waals surface area (Å²) in [5.41, 5.74) is 3.40. The van der Waals surface area contributed by atoms with Gasteiger partial charge in [0.2, 0.25) is 0 Å². The van der Waals surface area contributed by atoms with Gasteiger partial charge in [-0.3, -0.25) is 4.98 Å². The van der Waals surface area contributed by atoms with Crippen LogP contribution in [0.5, 0.6) is 5.75 Å². The van der Waals surface area contributed by atoms with Gasteiger partial charge in [0, 0.05) is 18.4 Å². The fourth-order valence-corrected chi connectivity index (χ4v) is 1.89. The van der Waals surface area contributed by atoms with Gasteiger partial charge in [0.25, 0.3) is 0 Å². The average molecular weight is 242 g/mol. The third kappa shape index (κ3) is 2.80. The van der Waals surface area contributed by atoms with Crippen LogP contribution in [0, 0.1) is 6.92 Å². The van der Waals surface area contributed by atoms with Crippen LogP contribution in [0.2, 0.25) is 0 Å². The van der Waals surface area contributed by atoms with Crippen molar-refractivity contribution in [1.82, 2.24) is 4.98 Å². The Morgan fingerprint density at radius 3 is 2.56 bits per heavy atom. The predicted octanol–water partition coefficient (Wildman–Crippen LogP) is 3.57. The molecule has 3 heteroatoms. The van der Waals surface area contributed by atoms with Crippen molar-refractivity contribution in [1.29, 1.82) is 0 Å². The van der Waals surface area contributed by atoms with E-state index in [9.17, 15) is 0 Å². The summed E-state index contributed by atoms with van der Waals surface area (Å²) in [6.07, 6.45) is 3.61. The van der Waals surface area contributed by atoms with Crippen LogP contribution >= 0.6 is 0 Å². The quantitative estimate of drug-likeness (QED) is 0.890. The molecule has 2 aromatic rings. The van der Waals surface area contributed by atoms with Crippen LogP contribution in [-0.4, -0.2) is 12.1 Å². The highest BCUT2D eigenvalue weighted by Crippen LogP contribution is 2.28. The molecular formula is C15H18N2O. The lowest BCUT2D eigenvalue weighted by atomic mass is 10.1. The van der Waals surface area contributed by atoms with E-state index in [0.29, 0.717) is 0 Å². The van der Waals surface area contributed by atoms with Crippen molar-refractivity contribution >= 4 is 5.69 Å². The van der Waals surface area contributed by atoms with Gasteiger partial charge in [0.1, 0.15) is 5.75 Å². The van der Waals surface area contributed by atoms with Crippen molar-refractivity contribution in [3.63, 3.8) is 0 Å². The van der Waals surface area contributed by atoms with Crippen LogP contribution in [0.25, 0.3) is 0 Å². The summed E-state index contributed by atoms with van der Waals surface area (Å²) in [5.74, 6) is 0.871. The topological polar surface area (TPSA) is 34.1 Å². The second kappa shape index (κ2) is 5.54. The molecule has 0 spiro atoms. The van der Waals surface area contributed by atoms with Gasteiger partial charge in [-0.1, -0.05) is 6.07 Å². The number of ether oxygens (including phenoxy) is 1. The number of nitrogens with zero attached hydrogens (tertiary/aromatic N) is 1. The standard InChI is InChI=1S/C15H18N2O/c1-11-4-5-14(15(10-11)18-3)17-12(2)13-6-8-16-9-7-13/h4-10,12,17H,1-3H3. The largest absolute Gasteiger partial charge is 0.495 e. The summed E-state index contributed by atoms with van der Waals surface area (Å²) < 4.78 is 5.39. The molecule has 0 aliphatic rings. The van der Waals surface area contributed by atoms with E-state index in [4.69, 9.17) is 4.74 Å². The van der Waals surface area contributed by atoms with Crippen molar-refractivity contribution in [2.75, 3.05) is 12.4 Å². The molecule has 94 valence electrons. The summed E-state index contributed by atoms with van der Waals surface area (Å²) in [6.45, 7) is 4.17. The number of hydrogen-bond donors (Lipinski definition) is 1. The summed E-state index contributed by atoms with van der Waals surface area (Å²) in [7, 11) is 1.69. The fourth-order valence-electron chi connectivity index (χ4n) is 1.89. The van der Waals surface area contributed by atoms with Crippen molar-refractivity contribution in [3.05, 3.63) is 53.9 Å². The Morgan fingerprint density at radius 1 is 1.17 bits per heavy atom. The maximum absolute atomic E-state index is 5.39. The van der Waals surface area contributed by atoms with Crippen LogP contribution in [-0.2, 0) is 0 Å². The number of anilines is 1. The number of hydrogen-bond acceptors (Lipinski definition) is 3. The Balaban J connectivity index is 2.19. The van der Waals surface area contributed by atoms with Crippen molar-refractivity contribution < 1.29 is 4.74 Å². The average Bonchev–Trinajstić information content (AvgIpc) is 2.41. The first-order valence-corrected chi connectivity index (χ1v) is 6.02. The molecule has 0 aliphatic heterocycles. The van der Waals surface area contributed by atoms with Crippen LogP contribution in [0.4, 0.5) is 5.69 Å². The van der Waals surface area contributed by atoms with Gasteiger partial charge in [-0.05, 0) is 49.2 Å². The summed E-state index contributed by atoms with van der Waals surface area (Å²) in [6, 6.07) is 10.4. The fraction of sp³-hybridized carbons (Fsp3) is 0.267. The highest BCUT2D eigenvalue weighted by atomic mass is 16.5. The third-order valence-electron chi connectivity index (χ3n) is 2.94. The maximum atomic E-state index is 5.39. The number of pyridine rings is 1. The zero-order valence-electron chi connectivity index (χ0n) is 11.0. The minimum absolute atomic E-state index is 0.213. The van der Waals surface area contributed by atoms with Gasteiger partial charge in [-0.2, -0.15) is 0 Å². The lowest BCUT2D eigenvalue weighted by molar-refractivity contribution is 0.416. The van der Waals surface area contributed by atoms with E-state index in [-0.39, 0.29) is 6.04 Å². The van der Waals surface area contributed by atoms with E-state index in [1.165, 1.54) is 11.1 Å². The molecule has 3 nitrogen and oxygen atoms in total. The molecule has 1 heterocycles. The minimum Gasteiger partial charge on any atom is -0.495 e. The van der Waals surface area contributed by atoms with Crippen LogP contribution < -0.4 is 10.1 Å². The van der Waals surface area contributed by atoms with Gasteiger partial charge >= 0.3 is 0 Å². The third-order valence-corrected chi connectivity index (χ3v) is 2.94. The highest BCUT2D eigenvalue weighted by molar-refractivity contribution is 5.58. The second-order valence-electron chi connectivity index (χ2n) is 4.35. The normalized spacial score (nSPS) is 11.9. The Kier molecular flexibility index (Phi) is 3.82. The number of aryl methyl sites for hydroxylation is 1. The van der Waals surface area contributed by atoms with Crippen molar-refractivity contribution in [2.24, 2.45) is 0 Å². The molecule has 0 saturated carbocycles. The molecule has 1 atom stereocenters. The van der Waals surface area contributed by atoms with Gasteiger partial charge < -0.3 is 10.1 Å². The van der Waals surface area contributed by atoms with Crippen LogP contribution in [0.3, 0.4) is 0 Å². The first-order chi connectivity index (χ1) is 8.70. The molecular weight excluding hydrogens is 224 g/mol. The minimum atomic E-state index is 0.213. The second-order valence-corrected chi connectivity index (χ2v) is 4.35. The van der Waals surface area contributed by atoms with Gasteiger partial charge in [0.05, 0.1) is 12.8 Å². The van der Waals surface area contributed by atoms with Crippen LogP contribution in [0.1, 0.15) is 24.1 Å². The molecule has 0 radical (unpaired) electrons. The molecule has 0 aliphatic carbocycles. The molecule has 1 N–H and O–H groups in total. The molecule has 1 aromatic heterocycles. The lowest BCUT2D eigenvalue weighted by Crippen LogP contribution is -2.07. The SMILES string of the molecule is COc1cc(C)ccc1NC(C)c1ccncc1. The Labute approximate surface area is 108 Å². The Bertz CT molecular complexity index is 511. The van der Waals surface area contributed by atoms with Gasteiger partial charge in [-0.25, -0.2) is 0 Å². The lowest BCUT2D eigenvalue weighted by Gasteiger charge is -2.18. The van der Waals surface area contributed by atoms with Gasteiger partial charge in [0.15, 0.2) is 0 Å². The zero-order chi connectivity index (χ0) is 13.0. The van der Waals surface area contributed by atoms with Crippen LogP contribution in [0.15, 0.2) is 42.7 Å². The predicted molar refractivity (Wildman–Crippen MR) is 74.0 cm³/mol. The number of rotatable bonds is 4. The van der Waals surface area contributed by atoms with E-state index in [1.807, 2.05) is 24.3 Å². The highest BCUT2D eigenvalue weighted by Gasteiger charge is 2.08. The molecule has 2 rings (SSSR count). The van der Waals surface area contributed by atoms with Gasteiger partial charge in [-0.15, -0.1) is 0 Å². The molecule has 0 amide bonds. The van der Waals surface area contributed by atoms with E-state index in [1.54, 1.807) is 19.5 Å². The van der Waals surface area contributed by atoms with E-state index in [2.05, 4.69) is 30.2 Å².